The predicted molar refractivity (Wildman–Crippen MR) is 101 cm³/mol. The van der Waals surface area contributed by atoms with E-state index < -0.39 is 6.03 Å². The quantitative estimate of drug-likeness (QED) is 0.728. The van der Waals surface area contributed by atoms with Crippen molar-refractivity contribution >= 4 is 23.7 Å². The van der Waals surface area contributed by atoms with Crippen LogP contribution in [0.15, 0.2) is 35.5 Å². The van der Waals surface area contributed by atoms with E-state index in [1.54, 1.807) is 0 Å². The molecule has 0 saturated heterocycles. The molecule has 138 valence electrons. The Morgan fingerprint density at radius 3 is 2.65 bits per heavy atom. The lowest BCUT2D eigenvalue weighted by molar-refractivity contribution is -0.117. The molecule has 1 saturated carbocycles. The maximum absolute atomic E-state index is 12.0. The van der Waals surface area contributed by atoms with Gasteiger partial charge < -0.3 is 5.32 Å². The van der Waals surface area contributed by atoms with Gasteiger partial charge >= 0.3 is 6.03 Å². The Morgan fingerprint density at radius 2 is 2.00 bits per heavy atom. The maximum Gasteiger partial charge on any atom is 0.321 e. The van der Waals surface area contributed by atoms with Gasteiger partial charge in [0, 0.05) is 17.6 Å². The molecule has 0 aliphatic heterocycles. The number of carbonyl (C=O) groups is 2. The van der Waals surface area contributed by atoms with Gasteiger partial charge in [0.1, 0.15) is 0 Å². The van der Waals surface area contributed by atoms with E-state index in [0.717, 1.165) is 30.7 Å². The van der Waals surface area contributed by atoms with Crippen LogP contribution in [-0.2, 0) is 4.79 Å². The fraction of sp³-hybridized carbons (Fsp3) is 0.444. The molecule has 1 fully saturated rings. The van der Waals surface area contributed by atoms with Crippen molar-refractivity contribution in [1.82, 2.24) is 25.4 Å². The van der Waals surface area contributed by atoms with Crippen LogP contribution in [0.1, 0.15) is 39.2 Å². The highest BCUT2D eigenvalue weighted by Crippen LogP contribution is 2.28. The highest BCUT2D eigenvalue weighted by atomic mass is 32.2. The van der Waals surface area contributed by atoms with Crippen LogP contribution in [0, 0.1) is 0 Å². The lowest BCUT2D eigenvalue weighted by Gasteiger charge is -2.16. The Bertz CT molecular complexity index is 773. The summed E-state index contributed by atoms with van der Waals surface area (Å²) in [6.45, 7) is 4.20. The molecule has 1 aliphatic rings. The van der Waals surface area contributed by atoms with Crippen LogP contribution in [0.25, 0.3) is 11.4 Å². The zero-order valence-electron chi connectivity index (χ0n) is 14.9. The van der Waals surface area contributed by atoms with E-state index in [0.29, 0.717) is 5.16 Å². The topological polar surface area (TPSA) is 88.9 Å². The van der Waals surface area contributed by atoms with Gasteiger partial charge in [0.25, 0.3) is 0 Å². The van der Waals surface area contributed by atoms with Gasteiger partial charge in [-0.2, -0.15) is 0 Å². The molecule has 8 heteroatoms. The first-order valence-electron chi connectivity index (χ1n) is 8.82. The van der Waals surface area contributed by atoms with Gasteiger partial charge in [0.15, 0.2) is 11.0 Å². The summed E-state index contributed by atoms with van der Waals surface area (Å²) in [5.41, 5.74) is 0.986. The fourth-order valence-corrected chi connectivity index (χ4v) is 3.32. The van der Waals surface area contributed by atoms with E-state index in [1.807, 2.05) is 30.3 Å². The molecule has 1 aliphatic carbocycles. The van der Waals surface area contributed by atoms with Crippen LogP contribution < -0.4 is 10.6 Å². The summed E-state index contributed by atoms with van der Waals surface area (Å²) in [5, 5.41) is 14.4. The van der Waals surface area contributed by atoms with Crippen LogP contribution in [0.3, 0.4) is 0 Å². The molecule has 26 heavy (non-hydrogen) atoms. The number of nitrogens with zero attached hydrogens (tertiary/aromatic N) is 3. The van der Waals surface area contributed by atoms with Crippen molar-refractivity contribution in [3.63, 3.8) is 0 Å². The Labute approximate surface area is 157 Å². The lowest BCUT2D eigenvalue weighted by Crippen LogP contribution is -2.41. The maximum atomic E-state index is 12.0. The summed E-state index contributed by atoms with van der Waals surface area (Å²) in [6.07, 6.45) is 2.88. The summed E-state index contributed by atoms with van der Waals surface area (Å²) in [5.74, 6) is 0.559. The molecule has 1 aromatic heterocycles. The van der Waals surface area contributed by atoms with Crippen molar-refractivity contribution < 1.29 is 9.59 Å². The van der Waals surface area contributed by atoms with Crippen molar-refractivity contribution in [3.05, 3.63) is 30.3 Å². The average molecular weight is 373 g/mol. The average Bonchev–Trinajstić information content (AvgIpc) is 3.35. The van der Waals surface area contributed by atoms with Crippen molar-refractivity contribution in [2.45, 2.75) is 50.4 Å². The molecule has 0 spiro atoms. The van der Waals surface area contributed by atoms with Gasteiger partial charge in [0.2, 0.25) is 5.91 Å². The second-order valence-electron chi connectivity index (χ2n) is 6.38. The molecule has 3 amide bonds. The smallest absolute Gasteiger partial charge is 0.321 e. The van der Waals surface area contributed by atoms with Gasteiger partial charge in [0.05, 0.1) is 5.75 Å². The van der Waals surface area contributed by atoms with E-state index in [9.17, 15) is 9.59 Å². The molecule has 0 radical (unpaired) electrons. The Hall–Kier alpha value is -2.35. The van der Waals surface area contributed by atoms with E-state index >= 15 is 0 Å². The molecule has 1 heterocycles. The summed E-state index contributed by atoms with van der Waals surface area (Å²) < 4.78 is 2.05. The van der Waals surface area contributed by atoms with Crippen LogP contribution in [0.4, 0.5) is 4.79 Å². The SMILES string of the molecule is CC[C@H](C)n1c(SCC(=O)NC(=O)NC2CC2)nnc1-c1ccccc1. The molecule has 7 nitrogen and oxygen atoms in total. The number of carbonyl (C=O) groups excluding carboxylic acids is 2. The molecule has 2 N–H and O–H groups in total. The minimum atomic E-state index is -0.425. The minimum Gasteiger partial charge on any atom is -0.335 e. The second-order valence-corrected chi connectivity index (χ2v) is 7.33. The molecule has 1 atom stereocenters. The van der Waals surface area contributed by atoms with Gasteiger partial charge in [-0.05, 0) is 26.2 Å². The minimum absolute atomic E-state index is 0.113. The second kappa shape index (κ2) is 8.35. The van der Waals surface area contributed by atoms with Gasteiger partial charge in [-0.1, -0.05) is 49.0 Å². The fourth-order valence-electron chi connectivity index (χ4n) is 2.48. The van der Waals surface area contributed by atoms with Crippen molar-refractivity contribution in [2.24, 2.45) is 0 Å². The monoisotopic (exact) mass is 373 g/mol. The van der Waals surface area contributed by atoms with Crippen molar-refractivity contribution in [1.29, 1.82) is 0 Å². The van der Waals surface area contributed by atoms with Crippen molar-refractivity contribution in [3.8, 4) is 11.4 Å². The predicted octanol–water partition coefficient (Wildman–Crippen LogP) is 3.00. The third kappa shape index (κ3) is 4.63. The van der Waals surface area contributed by atoms with Gasteiger partial charge in [-0.3, -0.25) is 14.7 Å². The third-order valence-electron chi connectivity index (χ3n) is 4.23. The van der Waals surface area contributed by atoms with Gasteiger partial charge in [-0.15, -0.1) is 10.2 Å². The van der Waals surface area contributed by atoms with E-state index in [4.69, 9.17) is 0 Å². The molecule has 3 rings (SSSR count). The molecular weight excluding hydrogens is 350 g/mol. The van der Waals surface area contributed by atoms with Crippen molar-refractivity contribution in [2.75, 3.05) is 5.75 Å². The number of nitrogens with one attached hydrogen (secondary N) is 2. The Morgan fingerprint density at radius 1 is 1.27 bits per heavy atom. The molecule has 1 aromatic carbocycles. The van der Waals surface area contributed by atoms with Crippen LogP contribution in [0.2, 0.25) is 0 Å². The number of amides is 3. The van der Waals surface area contributed by atoms with Crippen LogP contribution >= 0.6 is 11.8 Å². The molecule has 0 bridgehead atoms. The molecular formula is C18H23N5O2S. The van der Waals surface area contributed by atoms with Crippen LogP contribution in [0.5, 0.6) is 0 Å². The number of rotatable bonds is 7. The Kier molecular flexibility index (Phi) is 5.92. The number of urea groups is 1. The highest BCUT2D eigenvalue weighted by Gasteiger charge is 2.24. The summed E-state index contributed by atoms with van der Waals surface area (Å²) in [4.78, 5) is 23.6. The number of thioether (sulfide) groups is 1. The standard InChI is InChI=1S/C18H23N5O2S/c1-3-12(2)23-16(13-7-5-4-6-8-13)21-22-18(23)26-11-15(24)20-17(25)19-14-9-10-14/h4-8,12,14H,3,9-11H2,1-2H3,(H2,19,20,24,25)/t12-/m0/s1. The van der Waals surface area contributed by atoms with Crippen LogP contribution in [-0.4, -0.2) is 38.5 Å². The number of hydrogen-bond acceptors (Lipinski definition) is 5. The first-order chi connectivity index (χ1) is 12.6. The number of aromatic nitrogens is 3. The lowest BCUT2D eigenvalue weighted by atomic mass is 10.2. The molecule has 0 unspecified atom stereocenters. The first kappa shape index (κ1) is 18.4. The van der Waals surface area contributed by atoms with Gasteiger partial charge in [-0.25, -0.2) is 4.79 Å². The zero-order valence-corrected chi connectivity index (χ0v) is 15.8. The summed E-state index contributed by atoms with van der Waals surface area (Å²) >= 11 is 1.29. The van der Waals surface area contributed by atoms with E-state index in [1.165, 1.54) is 11.8 Å². The number of hydrogen-bond donors (Lipinski definition) is 2. The normalized spacial score (nSPS) is 14.7. The first-order valence-corrected chi connectivity index (χ1v) is 9.80. The summed E-state index contributed by atoms with van der Waals surface area (Å²) in [7, 11) is 0. The van der Waals surface area contributed by atoms with E-state index in [2.05, 4.69) is 39.2 Å². The largest absolute Gasteiger partial charge is 0.335 e. The zero-order chi connectivity index (χ0) is 18.5. The number of benzene rings is 1. The number of imide groups is 1. The Balaban J connectivity index is 1.68. The van der Waals surface area contributed by atoms with E-state index in [-0.39, 0.29) is 23.7 Å². The summed E-state index contributed by atoms with van der Waals surface area (Å²) in [6, 6.07) is 9.86. The molecule has 2 aromatic rings. The third-order valence-corrected chi connectivity index (χ3v) is 5.17. The highest BCUT2D eigenvalue weighted by molar-refractivity contribution is 7.99.